The smallest absolute Gasteiger partial charge is 0.119 e. The Kier molecular flexibility index (Phi) is 13.4. The largest absolute Gasteiger partial charge is 0.309 e. The number of hydrogen-bond donors (Lipinski definition) is 0. The number of unbranched alkanes of at least 4 members (excludes halogenated alkanes) is 10. The number of rotatable bonds is 13. The highest BCUT2D eigenvalue weighted by Gasteiger charge is 1.94. The van der Waals surface area contributed by atoms with Gasteiger partial charge in [-0.15, -0.1) is 0 Å². The van der Waals surface area contributed by atoms with Gasteiger partial charge in [0.05, 0.1) is 0 Å². The molecule has 0 aliphatic heterocycles. The summed E-state index contributed by atoms with van der Waals surface area (Å²) in [5.41, 5.74) is 0. The van der Waals surface area contributed by atoms with E-state index >= 15 is 0 Å². The third-order valence-corrected chi connectivity index (χ3v) is 3.18. The fourth-order valence-electron chi connectivity index (χ4n) is 2.07. The first-order valence-corrected chi connectivity index (χ1v) is 7.35. The number of nitrogens with zero attached hydrogens (tertiary/aromatic N) is 1. The molecule has 0 amide bonds. The maximum absolute atomic E-state index is 10.1. The topological polar surface area (TPSA) is 20.3 Å². The predicted octanol–water partition coefficient (Wildman–Crippen LogP) is 4.04. The molecule has 17 heavy (non-hydrogen) atoms. The van der Waals surface area contributed by atoms with Crippen molar-refractivity contribution in [3.05, 3.63) is 0 Å². The van der Waals surface area contributed by atoms with Crippen molar-refractivity contribution >= 4 is 6.29 Å². The molecule has 0 radical (unpaired) electrons. The molecule has 0 aromatic heterocycles. The van der Waals surface area contributed by atoms with Gasteiger partial charge in [0.15, 0.2) is 0 Å². The molecule has 0 saturated carbocycles. The molecule has 2 heteroatoms. The van der Waals surface area contributed by atoms with E-state index in [-0.39, 0.29) is 0 Å². The molecule has 0 aromatic carbocycles. The van der Waals surface area contributed by atoms with E-state index in [1.54, 1.807) is 0 Å². The second-order valence-corrected chi connectivity index (χ2v) is 5.29. The highest BCUT2D eigenvalue weighted by Crippen LogP contribution is 2.11. The third kappa shape index (κ3) is 15.6. The van der Waals surface area contributed by atoms with Gasteiger partial charge in [-0.05, 0) is 33.5 Å². The molecular formula is C15H31NO. The monoisotopic (exact) mass is 241 g/mol. The van der Waals surface area contributed by atoms with Gasteiger partial charge in [0.2, 0.25) is 0 Å². The minimum absolute atomic E-state index is 0.756. The molecule has 0 saturated heterocycles. The SMILES string of the molecule is CN(C)CCCCCCCCCCCCC=O. The van der Waals surface area contributed by atoms with E-state index in [9.17, 15) is 4.79 Å². The Labute approximate surface area is 108 Å². The van der Waals surface area contributed by atoms with Gasteiger partial charge < -0.3 is 9.69 Å². The summed E-state index contributed by atoms with van der Waals surface area (Å²) in [4.78, 5) is 12.4. The highest BCUT2D eigenvalue weighted by molar-refractivity contribution is 5.48. The van der Waals surface area contributed by atoms with E-state index in [4.69, 9.17) is 0 Å². The van der Waals surface area contributed by atoms with Crippen LogP contribution in [-0.2, 0) is 4.79 Å². The summed E-state index contributed by atoms with van der Waals surface area (Å²) in [6.07, 6.45) is 15.1. The van der Waals surface area contributed by atoms with Gasteiger partial charge in [0, 0.05) is 6.42 Å². The first-order valence-electron chi connectivity index (χ1n) is 7.35. The Morgan fingerprint density at radius 2 is 1.12 bits per heavy atom. The second-order valence-electron chi connectivity index (χ2n) is 5.29. The zero-order valence-corrected chi connectivity index (χ0v) is 11.9. The van der Waals surface area contributed by atoms with Crippen LogP contribution in [0, 0.1) is 0 Å². The molecule has 0 atom stereocenters. The lowest BCUT2D eigenvalue weighted by molar-refractivity contribution is -0.107. The Morgan fingerprint density at radius 1 is 0.706 bits per heavy atom. The Bertz CT molecular complexity index is 157. The lowest BCUT2D eigenvalue weighted by atomic mass is 10.1. The first-order chi connectivity index (χ1) is 8.27. The summed E-state index contributed by atoms with van der Waals surface area (Å²) in [6.45, 7) is 1.23. The third-order valence-electron chi connectivity index (χ3n) is 3.18. The Balaban J connectivity index is 2.91. The predicted molar refractivity (Wildman–Crippen MR) is 75.4 cm³/mol. The molecule has 0 rings (SSSR count). The number of carbonyl (C=O) groups is 1. The zero-order valence-electron chi connectivity index (χ0n) is 11.9. The van der Waals surface area contributed by atoms with Crippen molar-refractivity contribution in [3.8, 4) is 0 Å². The Hall–Kier alpha value is -0.370. The van der Waals surface area contributed by atoms with Crippen LogP contribution in [0.5, 0.6) is 0 Å². The molecule has 102 valence electrons. The van der Waals surface area contributed by atoms with Crippen LogP contribution < -0.4 is 0 Å². The lowest BCUT2D eigenvalue weighted by Crippen LogP contribution is -2.12. The van der Waals surface area contributed by atoms with Crippen LogP contribution in [0.1, 0.15) is 70.6 Å². The molecule has 0 N–H and O–H groups in total. The van der Waals surface area contributed by atoms with Crippen LogP contribution >= 0.6 is 0 Å². The summed E-state index contributed by atoms with van der Waals surface area (Å²) in [6, 6.07) is 0. The van der Waals surface area contributed by atoms with E-state index < -0.39 is 0 Å². The van der Waals surface area contributed by atoms with Crippen molar-refractivity contribution in [1.29, 1.82) is 0 Å². The van der Waals surface area contributed by atoms with Gasteiger partial charge in [-0.25, -0.2) is 0 Å². The summed E-state index contributed by atoms with van der Waals surface area (Å²) < 4.78 is 0. The van der Waals surface area contributed by atoms with E-state index in [0.29, 0.717) is 0 Å². The van der Waals surface area contributed by atoms with Crippen molar-refractivity contribution in [2.45, 2.75) is 70.6 Å². The van der Waals surface area contributed by atoms with Crippen LogP contribution in [0.2, 0.25) is 0 Å². The van der Waals surface area contributed by atoms with Crippen LogP contribution in [-0.4, -0.2) is 31.8 Å². The molecule has 0 bridgehead atoms. The van der Waals surface area contributed by atoms with Crippen molar-refractivity contribution in [2.75, 3.05) is 20.6 Å². The van der Waals surface area contributed by atoms with Gasteiger partial charge in [-0.3, -0.25) is 0 Å². The van der Waals surface area contributed by atoms with Gasteiger partial charge in [-0.2, -0.15) is 0 Å². The fourth-order valence-corrected chi connectivity index (χ4v) is 2.07. The van der Waals surface area contributed by atoms with Crippen LogP contribution in [0.3, 0.4) is 0 Å². The first kappa shape index (κ1) is 16.6. The van der Waals surface area contributed by atoms with Crippen LogP contribution in [0.4, 0.5) is 0 Å². The number of hydrogen-bond acceptors (Lipinski definition) is 2. The molecule has 2 nitrogen and oxygen atoms in total. The average molecular weight is 241 g/mol. The van der Waals surface area contributed by atoms with Crippen molar-refractivity contribution in [1.82, 2.24) is 4.90 Å². The lowest BCUT2D eigenvalue weighted by Gasteiger charge is -2.08. The van der Waals surface area contributed by atoms with Gasteiger partial charge in [0.1, 0.15) is 6.29 Å². The van der Waals surface area contributed by atoms with Crippen LogP contribution in [0.25, 0.3) is 0 Å². The standard InChI is InChI=1S/C15H31NO/c1-16(2)14-12-10-8-6-4-3-5-7-9-11-13-15-17/h15H,3-14H2,1-2H3. The molecule has 0 unspecified atom stereocenters. The molecule has 0 heterocycles. The van der Waals surface area contributed by atoms with Crippen molar-refractivity contribution in [2.24, 2.45) is 0 Å². The van der Waals surface area contributed by atoms with Crippen molar-refractivity contribution < 1.29 is 4.79 Å². The minimum Gasteiger partial charge on any atom is -0.309 e. The molecule has 0 spiro atoms. The van der Waals surface area contributed by atoms with Gasteiger partial charge >= 0.3 is 0 Å². The highest BCUT2D eigenvalue weighted by atomic mass is 16.1. The maximum Gasteiger partial charge on any atom is 0.119 e. The number of aldehydes is 1. The molecule has 0 fully saturated rings. The molecule has 0 aliphatic rings. The Morgan fingerprint density at radius 3 is 1.53 bits per heavy atom. The normalized spacial score (nSPS) is 11.0. The summed E-state index contributed by atoms with van der Waals surface area (Å²) in [5.74, 6) is 0. The minimum atomic E-state index is 0.756. The number of carbonyl (C=O) groups excluding carboxylic acids is 1. The van der Waals surface area contributed by atoms with Gasteiger partial charge in [-0.1, -0.05) is 51.4 Å². The van der Waals surface area contributed by atoms with E-state index in [0.717, 1.165) is 19.1 Å². The van der Waals surface area contributed by atoms with E-state index in [1.807, 2.05) is 0 Å². The summed E-state index contributed by atoms with van der Waals surface area (Å²) in [7, 11) is 4.29. The molecular weight excluding hydrogens is 210 g/mol. The fraction of sp³-hybridized carbons (Fsp3) is 0.933. The summed E-state index contributed by atoms with van der Waals surface area (Å²) >= 11 is 0. The zero-order chi connectivity index (χ0) is 12.8. The van der Waals surface area contributed by atoms with Gasteiger partial charge in [0.25, 0.3) is 0 Å². The van der Waals surface area contributed by atoms with E-state index in [2.05, 4.69) is 19.0 Å². The van der Waals surface area contributed by atoms with E-state index in [1.165, 1.54) is 64.3 Å². The molecule has 0 aromatic rings. The molecule has 0 aliphatic carbocycles. The second kappa shape index (κ2) is 13.7. The van der Waals surface area contributed by atoms with Crippen molar-refractivity contribution in [3.63, 3.8) is 0 Å². The average Bonchev–Trinajstić information content (AvgIpc) is 2.30. The quantitative estimate of drug-likeness (QED) is 0.358. The van der Waals surface area contributed by atoms with Crippen LogP contribution in [0.15, 0.2) is 0 Å². The maximum atomic E-state index is 10.1. The summed E-state index contributed by atoms with van der Waals surface area (Å²) in [5, 5.41) is 0.